The van der Waals surface area contributed by atoms with E-state index in [-0.39, 0.29) is 11.9 Å². The zero-order valence-corrected chi connectivity index (χ0v) is 10.1. The Bertz CT molecular complexity index is 442. The van der Waals surface area contributed by atoms with Crippen LogP contribution >= 0.6 is 11.6 Å². The van der Waals surface area contributed by atoms with E-state index in [2.05, 4.69) is 0 Å². The predicted octanol–water partition coefficient (Wildman–Crippen LogP) is 3.04. The molecule has 0 radical (unpaired) electrons. The van der Waals surface area contributed by atoms with Crippen LogP contribution in [0.1, 0.15) is 36.0 Å². The Morgan fingerprint density at radius 3 is 2.88 bits per heavy atom. The van der Waals surface area contributed by atoms with Crippen LogP contribution in [0, 0.1) is 0 Å². The first-order valence-corrected chi connectivity index (χ1v) is 6.00. The molecule has 90 valence electrons. The number of ketones is 1. The topological polar surface area (TPSA) is 43.4 Å². The molecule has 0 aliphatic heterocycles. The summed E-state index contributed by atoms with van der Waals surface area (Å²) in [5, 5.41) is 0.410. The number of carbonyl (C=O) groups excluding carboxylic acids is 2. The van der Waals surface area contributed by atoms with Crippen molar-refractivity contribution in [2.45, 2.75) is 31.8 Å². The van der Waals surface area contributed by atoms with Gasteiger partial charge in [0, 0.05) is 18.4 Å². The van der Waals surface area contributed by atoms with E-state index in [1.165, 1.54) is 0 Å². The number of hydrogen-bond donors (Lipinski definition) is 0. The number of ether oxygens (including phenoxy) is 1. The maximum Gasteiger partial charge on any atom is 0.150 e. The van der Waals surface area contributed by atoms with Gasteiger partial charge in [-0.25, -0.2) is 0 Å². The number of aldehydes is 1. The van der Waals surface area contributed by atoms with E-state index in [0.29, 0.717) is 29.2 Å². The fourth-order valence-electron chi connectivity index (χ4n) is 1.95. The maximum absolute atomic E-state index is 11.3. The normalized spacial score (nSPS) is 20.1. The molecule has 0 amide bonds. The Morgan fingerprint density at radius 2 is 2.24 bits per heavy atom. The summed E-state index contributed by atoms with van der Waals surface area (Å²) in [6.07, 6.45) is 3.49. The molecular formula is C13H13ClO3. The fourth-order valence-corrected chi connectivity index (χ4v) is 2.18. The fraction of sp³-hybridized carbons (Fsp3) is 0.385. The van der Waals surface area contributed by atoms with E-state index in [1.54, 1.807) is 18.2 Å². The van der Waals surface area contributed by atoms with Gasteiger partial charge in [0.2, 0.25) is 0 Å². The average Bonchev–Trinajstić information content (AvgIpc) is 2.32. The molecular weight excluding hydrogens is 240 g/mol. The Balaban J connectivity index is 2.07. The second-order valence-electron chi connectivity index (χ2n) is 4.18. The lowest BCUT2D eigenvalue weighted by Crippen LogP contribution is -2.25. The van der Waals surface area contributed by atoms with E-state index in [4.69, 9.17) is 16.3 Å². The molecule has 1 aliphatic rings. The molecule has 17 heavy (non-hydrogen) atoms. The molecule has 1 aromatic rings. The van der Waals surface area contributed by atoms with Gasteiger partial charge in [-0.05, 0) is 31.0 Å². The molecule has 0 bridgehead atoms. The zero-order valence-electron chi connectivity index (χ0n) is 9.32. The molecule has 2 rings (SSSR count). The summed E-state index contributed by atoms with van der Waals surface area (Å²) >= 11 is 5.99. The van der Waals surface area contributed by atoms with Gasteiger partial charge >= 0.3 is 0 Å². The summed E-state index contributed by atoms with van der Waals surface area (Å²) in [5.41, 5.74) is 0.516. The lowest BCUT2D eigenvalue weighted by atomic mass is 9.96. The SMILES string of the molecule is O=Cc1ccc(OC2CCCC(=O)C2)c(Cl)c1. The van der Waals surface area contributed by atoms with E-state index in [0.717, 1.165) is 19.1 Å². The van der Waals surface area contributed by atoms with E-state index in [1.807, 2.05) is 0 Å². The van der Waals surface area contributed by atoms with Gasteiger partial charge in [0.15, 0.2) is 0 Å². The summed E-state index contributed by atoms with van der Waals surface area (Å²) in [6.45, 7) is 0. The van der Waals surface area contributed by atoms with Crippen LogP contribution in [0.3, 0.4) is 0 Å². The molecule has 1 unspecified atom stereocenters. The molecule has 1 aromatic carbocycles. The number of hydrogen-bond acceptors (Lipinski definition) is 3. The van der Waals surface area contributed by atoms with Crippen molar-refractivity contribution in [1.82, 2.24) is 0 Å². The Labute approximate surface area is 105 Å². The van der Waals surface area contributed by atoms with Crippen molar-refractivity contribution in [2.75, 3.05) is 0 Å². The Hall–Kier alpha value is -1.35. The van der Waals surface area contributed by atoms with Crippen molar-refractivity contribution in [2.24, 2.45) is 0 Å². The van der Waals surface area contributed by atoms with E-state index in [9.17, 15) is 9.59 Å². The molecule has 4 heteroatoms. The first-order chi connectivity index (χ1) is 8.19. The minimum Gasteiger partial charge on any atom is -0.488 e. The second kappa shape index (κ2) is 5.32. The number of Topliss-reactive ketones (excluding diaryl/α,β-unsaturated/α-hetero) is 1. The summed E-state index contributed by atoms with van der Waals surface area (Å²) in [7, 11) is 0. The van der Waals surface area contributed by atoms with Crippen molar-refractivity contribution < 1.29 is 14.3 Å². The summed E-state index contributed by atoms with van der Waals surface area (Å²) in [5.74, 6) is 0.777. The molecule has 1 aliphatic carbocycles. The van der Waals surface area contributed by atoms with Crippen LogP contribution in [0.2, 0.25) is 5.02 Å². The van der Waals surface area contributed by atoms with Crippen LogP contribution < -0.4 is 4.74 Å². The summed E-state index contributed by atoms with van der Waals surface area (Å²) in [6, 6.07) is 4.89. The standard InChI is InChI=1S/C13H13ClO3/c14-12-6-9(8-15)4-5-13(12)17-11-3-1-2-10(16)7-11/h4-6,8,11H,1-3,7H2. The summed E-state index contributed by atoms with van der Waals surface area (Å²) in [4.78, 5) is 21.8. The molecule has 3 nitrogen and oxygen atoms in total. The lowest BCUT2D eigenvalue weighted by molar-refractivity contribution is -0.122. The van der Waals surface area contributed by atoms with Crippen molar-refractivity contribution in [1.29, 1.82) is 0 Å². The van der Waals surface area contributed by atoms with Gasteiger partial charge < -0.3 is 4.74 Å². The van der Waals surface area contributed by atoms with E-state index >= 15 is 0 Å². The van der Waals surface area contributed by atoms with Crippen LogP contribution in [-0.4, -0.2) is 18.2 Å². The van der Waals surface area contributed by atoms with Crippen LogP contribution in [0.15, 0.2) is 18.2 Å². The van der Waals surface area contributed by atoms with Crippen LogP contribution in [-0.2, 0) is 4.79 Å². The third-order valence-corrected chi connectivity index (χ3v) is 3.12. The first-order valence-electron chi connectivity index (χ1n) is 5.62. The van der Waals surface area contributed by atoms with Crippen molar-refractivity contribution >= 4 is 23.7 Å². The predicted molar refractivity (Wildman–Crippen MR) is 64.7 cm³/mol. The van der Waals surface area contributed by atoms with Gasteiger partial charge in [-0.2, -0.15) is 0 Å². The molecule has 0 spiro atoms. The third kappa shape index (κ3) is 3.07. The quantitative estimate of drug-likeness (QED) is 0.777. The Kier molecular flexibility index (Phi) is 3.79. The highest BCUT2D eigenvalue weighted by Gasteiger charge is 2.21. The van der Waals surface area contributed by atoms with Crippen molar-refractivity contribution in [3.8, 4) is 5.75 Å². The monoisotopic (exact) mass is 252 g/mol. The highest BCUT2D eigenvalue weighted by atomic mass is 35.5. The van der Waals surface area contributed by atoms with Crippen molar-refractivity contribution in [3.63, 3.8) is 0 Å². The third-order valence-electron chi connectivity index (χ3n) is 2.82. The van der Waals surface area contributed by atoms with Crippen molar-refractivity contribution in [3.05, 3.63) is 28.8 Å². The van der Waals surface area contributed by atoms with E-state index < -0.39 is 0 Å². The molecule has 1 atom stereocenters. The minimum absolute atomic E-state index is 0.0872. The van der Waals surface area contributed by atoms with Gasteiger partial charge in [0.25, 0.3) is 0 Å². The van der Waals surface area contributed by atoms with Gasteiger partial charge in [-0.1, -0.05) is 11.6 Å². The van der Waals surface area contributed by atoms with Gasteiger partial charge in [-0.3, -0.25) is 9.59 Å². The van der Waals surface area contributed by atoms with Gasteiger partial charge in [0.1, 0.15) is 23.9 Å². The van der Waals surface area contributed by atoms with Gasteiger partial charge in [-0.15, -0.1) is 0 Å². The first kappa shape index (κ1) is 12.1. The lowest BCUT2D eigenvalue weighted by Gasteiger charge is -2.22. The molecule has 1 saturated carbocycles. The molecule has 1 fully saturated rings. The highest BCUT2D eigenvalue weighted by Crippen LogP contribution is 2.28. The zero-order chi connectivity index (χ0) is 12.3. The smallest absolute Gasteiger partial charge is 0.150 e. The van der Waals surface area contributed by atoms with Crippen LogP contribution in [0.4, 0.5) is 0 Å². The number of rotatable bonds is 3. The number of halogens is 1. The Morgan fingerprint density at radius 1 is 1.41 bits per heavy atom. The summed E-state index contributed by atoms with van der Waals surface area (Å²) < 4.78 is 5.69. The largest absolute Gasteiger partial charge is 0.488 e. The average molecular weight is 253 g/mol. The maximum atomic E-state index is 11.3. The molecule has 0 aromatic heterocycles. The molecule has 0 heterocycles. The van der Waals surface area contributed by atoms with Crippen LogP contribution in [0.5, 0.6) is 5.75 Å². The number of benzene rings is 1. The second-order valence-corrected chi connectivity index (χ2v) is 4.59. The number of carbonyl (C=O) groups is 2. The minimum atomic E-state index is -0.0872. The van der Waals surface area contributed by atoms with Gasteiger partial charge in [0.05, 0.1) is 5.02 Å². The highest BCUT2D eigenvalue weighted by molar-refractivity contribution is 6.32. The molecule has 0 N–H and O–H groups in total. The molecule has 0 saturated heterocycles. The van der Waals surface area contributed by atoms with Crippen LogP contribution in [0.25, 0.3) is 0 Å².